The van der Waals surface area contributed by atoms with E-state index >= 15 is 0 Å². The number of benzene rings is 2. The van der Waals surface area contributed by atoms with E-state index in [4.69, 9.17) is 11.6 Å². The van der Waals surface area contributed by atoms with Gasteiger partial charge in [0, 0.05) is 61.6 Å². The highest BCUT2D eigenvalue weighted by molar-refractivity contribution is 6.33. The quantitative estimate of drug-likeness (QED) is 0.323. The molecule has 0 saturated carbocycles. The average Bonchev–Trinajstić information content (AvgIpc) is 2.84. The van der Waals surface area contributed by atoms with Crippen LogP contribution >= 0.6 is 11.6 Å². The van der Waals surface area contributed by atoms with Gasteiger partial charge in [-0.05, 0) is 37.3 Å². The van der Waals surface area contributed by atoms with Gasteiger partial charge in [-0.25, -0.2) is 4.98 Å². The predicted molar refractivity (Wildman–Crippen MR) is 133 cm³/mol. The number of allylic oxidation sites excluding steroid dienone is 1. The Morgan fingerprint density at radius 2 is 1.63 bits per heavy atom. The maximum Gasteiger partial charge on any atom is 0.417 e. The van der Waals surface area contributed by atoms with Crippen molar-refractivity contribution < 1.29 is 18.0 Å². The molecule has 0 unspecified atom stereocenters. The highest BCUT2D eigenvalue weighted by Gasteiger charge is 2.32. The number of piperazine rings is 1. The lowest BCUT2D eigenvalue weighted by Crippen LogP contribution is -2.47. The molecule has 9 heteroatoms. The summed E-state index contributed by atoms with van der Waals surface area (Å²) in [6.07, 6.45) is -0.529. The number of hydrogen-bond donors (Lipinski definition) is 1. The Kier molecular flexibility index (Phi) is 7.31. The van der Waals surface area contributed by atoms with E-state index in [-0.39, 0.29) is 10.8 Å². The number of rotatable bonds is 6. The zero-order chi connectivity index (χ0) is 25.0. The summed E-state index contributed by atoms with van der Waals surface area (Å²) >= 11 is 6.09. The molecule has 0 atom stereocenters. The highest BCUT2D eigenvalue weighted by Crippen LogP contribution is 2.34. The van der Waals surface area contributed by atoms with Crippen molar-refractivity contribution in [2.24, 2.45) is 0 Å². The summed E-state index contributed by atoms with van der Waals surface area (Å²) in [5, 5.41) is 3.10. The third-order valence-corrected chi connectivity index (χ3v) is 6.06. The van der Waals surface area contributed by atoms with E-state index in [1.54, 1.807) is 18.3 Å². The summed E-state index contributed by atoms with van der Waals surface area (Å²) in [6, 6.07) is 16.2. The van der Waals surface area contributed by atoms with Crippen LogP contribution in [0.2, 0.25) is 5.02 Å². The summed E-state index contributed by atoms with van der Waals surface area (Å²) < 4.78 is 38.6. The number of hydrogen-bond acceptors (Lipinski definition) is 5. The molecular weight excluding hydrogens is 477 g/mol. The van der Waals surface area contributed by atoms with Crippen LogP contribution in [0, 0.1) is 6.92 Å². The largest absolute Gasteiger partial charge is 0.417 e. The van der Waals surface area contributed by atoms with Crippen LogP contribution in [-0.2, 0) is 6.18 Å². The van der Waals surface area contributed by atoms with Gasteiger partial charge in [-0.15, -0.1) is 0 Å². The number of carbonyl (C=O) groups excluding carboxylic acids is 1. The SMILES string of the molecule is Cc1ccc(C(=O)/C=C/Nc2ccc(N3CCN(c4ncc(C(F)(F)F)cc4Cl)CC3)cc2)cc1. The summed E-state index contributed by atoms with van der Waals surface area (Å²) in [5.74, 6) is 0.292. The minimum atomic E-state index is -4.47. The fraction of sp³-hybridized carbons (Fsp3) is 0.231. The number of aromatic nitrogens is 1. The number of carbonyl (C=O) groups is 1. The van der Waals surface area contributed by atoms with Crippen LogP contribution in [0.15, 0.2) is 73.1 Å². The maximum absolute atomic E-state index is 12.9. The second-order valence-corrected chi connectivity index (χ2v) is 8.66. The Labute approximate surface area is 206 Å². The summed E-state index contributed by atoms with van der Waals surface area (Å²) in [7, 11) is 0. The fourth-order valence-electron chi connectivity index (χ4n) is 3.79. The molecule has 0 aliphatic carbocycles. The first-order chi connectivity index (χ1) is 16.7. The van der Waals surface area contributed by atoms with Gasteiger partial charge in [-0.2, -0.15) is 13.2 Å². The van der Waals surface area contributed by atoms with Crippen molar-refractivity contribution in [2.45, 2.75) is 13.1 Å². The van der Waals surface area contributed by atoms with Crippen LogP contribution in [0.25, 0.3) is 0 Å². The molecule has 35 heavy (non-hydrogen) atoms. The van der Waals surface area contributed by atoms with E-state index in [0.717, 1.165) is 29.2 Å². The molecule has 1 fully saturated rings. The van der Waals surface area contributed by atoms with Crippen LogP contribution < -0.4 is 15.1 Å². The van der Waals surface area contributed by atoms with Gasteiger partial charge in [0.25, 0.3) is 0 Å². The molecule has 5 nitrogen and oxygen atoms in total. The van der Waals surface area contributed by atoms with Crippen LogP contribution in [0.4, 0.5) is 30.4 Å². The first-order valence-corrected chi connectivity index (χ1v) is 11.5. The molecule has 0 amide bonds. The smallest absolute Gasteiger partial charge is 0.368 e. The topological polar surface area (TPSA) is 48.5 Å². The van der Waals surface area contributed by atoms with E-state index in [1.165, 1.54) is 6.08 Å². The number of ketones is 1. The number of nitrogens with one attached hydrogen (secondary N) is 1. The minimum absolute atomic E-state index is 0.00221. The lowest BCUT2D eigenvalue weighted by atomic mass is 10.1. The number of aryl methyl sites for hydroxylation is 1. The monoisotopic (exact) mass is 500 g/mol. The third-order valence-electron chi connectivity index (χ3n) is 5.78. The van der Waals surface area contributed by atoms with Gasteiger partial charge in [0.1, 0.15) is 5.82 Å². The number of anilines is 3. The second-order valence-electron chi connectivity index (χ2n) is 8.26. The second kappa shape index (κ2) is 10.4. The number of nitrogens with zero attached hydrogens (tertiary/aromatic N) is 3. The molecule has 0 spiro atoms. The molecule has 2 heterocycles. The molecule has 182 valence electrons. The highest BCUT2D eigenvalue weighted by atomic mass is 35.5. The van der Waals surface area contributed by atoms with Gasteiger partial charge in [0.05, 0.1) is 10.6 Å². The van der Waals surface area contributed by atoms with Gasteiger partial charge in [0.15, 0.2) is 5.78 Å². The van der Waals surface area contributed by atoms with Crippen molar-refractivity contribution in [3.63, 3.8) is 0 Å². The first kappa shape index (κ1) is 24.6. The summed E-state index contributed by atoms with van der Waals surface area (Å²) in [6.45, 7) is 4.50. The number of pyridine rings is 1. The Balaban J connectivity index is 1.30. The molecule has 0 bridgehead atoms. The van der Waals surface area contributed by atoms with Crippen molar-refractivity contribution >= 4 is 34.6 Å². The normalized spacial score (nSPS) is 14.4. The predicted octanol–water partition coefficient (Wildman–Crippen LogP) is 6.20. The van der Waals surface area contributed by atoms with E-state index < -0.39 is 11.7 Å². The molecule has 0 radical (unpaired) electrons. The van der Waals surface area contributed by atoms with Gasteiger partial charge in [-0.1, -0.05) is 41.4 Å². The Morgan fingerprint density at radius 1 is 1.00 bits per heavy atom. The van der Waals surface area contributed by atoms with Crippen molar-refractivity contribution in [2.75, 3.05) is 41.3 Å². The van der Waals surface area contributed by atoms with Crippen molar-refractivity contribution in [1.82, 2.24) is 4.98 Å². The minimum Gasteiger partial charge on any atom is -0.368 e. The fourth-order valence-corrected chi connectivity index (χ4v) is 4.08. The molecule has 1 aliphatic rings. The van der Waals surface area contributed by atoms with E-state index in [0.29, 0.717) is 37.6 Å². The molecule has 1 N–H and O–H groups in total. The van der Waals surface area contributed by atoms with Crippen molar-refractivity contribution in [1.29, 1.82) is 0 Å². The van der Waals surface area contributed by atoms with Crippen LogP contribution in [0.1, 0.15) is 21.5 Å². The first-order valence-electron chi connectivity index (χ1n) is 11.1. The zero-order valence-corrected chi connectivity index (χ0v) is 19.8. The van der Waals surface area contributed by atoms with E-state index in [9.17, 15) is 18.0 Å². The lowest BCUT2D eigenvalue weighted by molar-refractivity contribution is -0.137. The Morgan fingerprint density at radius 3 is 2.23 bits per heavy atom. The van der Waals surface area contributed by atoms with Gasteiger partial charge in [-0.3, -0.25) is 4.79 Å². The van der Waals surface area contributed by atoms with Crippen LogP contribution in [0.5, 0.6) is 0 Å². The van der Waals surface area contributed by atoms with Gasteiger partial charge in [0.2, 0.25) is 0 Å². The van der Waals surface area contributed by atoms with Crippen LogP contribution in [-0.4, -0.2) is 36.9 Å². The van der Waals surface area contributed by atoms with Gasteiger partial charge >= 0.3 is 6.18 Å². The zero-order valence-electron chi connectivity index (χ0n) is 19.0. The molecule has 2 aromatic carbocycles. The number of halogens is 4. The lowest BCUT2D eigenvalue weighted by Gasteiger charge is -2.37. The molecular formula is C26H24ClF3N4O. The Bertz CT molecular complexity index is 1200. The van der Waals surface area contributed by atoms with E-state index in [1.807, 2.05) is 48.2 Å². The van der Waals surface area contributed by atoms with Crippen molar-refractivity contribution in [3.05, 3.63) is 94.8 Å². The molecule has 4 rings (SSSR count). The molecule has 3 aromatic rings. The number of alkyl halides is 3. The molecule has 1 saturated heterocycles. The summed E-state index contributed by atoms with van der Waals surface area (Å²) in [4.78, 5) is 20.3. The maximum atomic E-state index is 12.9. The standard InChI is InChI=1S/C26H24ClF3N4O/c1-18-2-4-19(5-3-18)24(35)10-11-31-21-6-8-22(9-7-21)33-12-14-34(15-13-33)25-23(27)16-20(17-32-25)26(28,29)30/h2-11,16-17,31H,12-15H2,1H3/b11-10+. The van der Waals surface area contributed by atoms with E-state index in [2.05, 4.69) is 15.2 Å². The summed E-state index contributed by atoms with van der Waals surface area (Å²) in [5.41, 5.74) is 2.76. The third kappa shape index (κ3) is 6.14. The van der Waals surface area contributed by atoms with Crippen molar-refractivity contribution in [3.8, 4) is 0 Å². The van der Waals surface area contributed by atoms with Gasteiger partial charge < -0.3 is 15.1 Å². The van der Waals surface area contributed by atoms with Crippen LogP contribution in [0.3, 0.4) is 0 Å². The molecule has 1 aliphatic heterocycles. The average molecular weight is 501 g/mol. The Hall–Kier alpha value is -3.52. The molecule has 1 aromatic heterocycles.